The molecule has 18 heavy (non-hydrogen) atoms. The van der Waals surface area contributed by atoms with Gasteiger partial charge in [0.15, 0.2) is 0 Å². The van der Waals surface area contributed by atoms with Crippen molar-refractivity contribution in [2.45, 2.75) is 4.90 Å². The Kier molecular flexibility index (Phi) is 3.40. The number of aromatic nitrogens is 1. The zero-order valence-corrected chi connectivity index (χ0v) is 10.7. The van der Waals surface area contributed by atoms with Crippen molar-refractivity contribution in [3.05, 3.63) is 47.6 Å². The van der Waals surface area contributed by atoms with Crippen LogP contribution in [0.3, 0.4) is 0 Å². The molecule has 0 saturated carbocycles. The van der Waals surface area contributed by atoms with E-state index in [-0.39, 0.29) is 10.7 Å². The molecule has 3 N–H and O–H groups in total. The Morgan fingerprint density at radius 2 is 2.00 bits per heavy atom. The number of pyridine rings is 1. The number of anilines is 2. The maximum Gasteiger partial charge on any atom is 0.263 e. The van der Waals surface area contributed by atoms with Crippen molar-refractivity contribution in [1.82, 2.24) is 4.98 Å². The lowest BCUT2D eigenvalue weighted by Gasteiger charge is -2.07. The molecular weight excluding hydrogens is 274 g/mol. The molecule has 7 heteroatoms. The predicted molar refractivity (Wildman–Crippen MR) is 70.9 cm³/mol. The second-order valence-electron chi connectivity index (χ2n) is 3.54. The number of rotatable bonds is 3. The van der Waals surface area contributed by atoms with Crippen molar-refractivity contribution in [1.29, 1.82) is 0 Å². The monoisotopic (exact) mass is 283 g/mol. The number of benzene rings is 1. The van der Waals surface area contributed by atoms with Crippen LogP contribution >= 0.6 is 11.6 Å². The van der Waals surface area contributed by atoms with Crippen LogP contribution in [0.5, 0.6) is 0 Å². The van der Waals surface area contributed by atoms with Crippen molar-refractivity contribution < 1.29 is 8.42 Å². The molecule has 0 spiro atoms. The molecule has 0 radical (unpaired) electrons. The summed E-state index contributed by atoms with van der Waals surface area (Å²) in [7, 11) is -3.68. The van der Waals surface area contributed by atoms with Crippen LogP contribution in [-0.4, -0.2) is 13.4 Å². The quantitative estimate of drug-likeness (QED) is 0.845. The standard InChI is InChI=1S/C11H10ClN3O2S/c12-8-4-5-11(14-7-8)15-18(16,17)10-3-1-2-9(13)6-10/h1-7H,13H2,(H,14,15). The molecule has 1 aromatic heterocycles. The van der Waals surface area contributed by atoms with Gasteiger partial charge in [0, 0.05) is 11.9 Å². The summed E-state index contributed by atoms with van der Waals surface area (Å²) >= 11 is 5.66. The van der Waals surface area contributed by atoms with E-state index in [1.54, 1.807) is 18.2 Å². The lowest BCUT2D eigenvalue weighted by Crippen LogP contribution is -2.14. The fraction of sp³-hybridized carbons (Fsp3) is 0. The Bertz CT molecular complexity index is 656. The van der Waals surface area contributed by atoms with Gasteiger partial charge in [-0.05, 0) is 30.3 Å². The van der Waals surface area contributed by atoms with Crippen LogP contribution in [0.2, 0.25) is 5.02 Å². The van der Waals surface area contributed by atoms with Gasteiger partial charge in [0.2, 0.25) is 0 Å². The van der Waals surface area contributed by atoms with Crippen LogP contribution in [0.25, 0.3) is 0 Å². The number of sulfonamides is 1. The average molecular weight is 284 g/mol. The lowest BCUT2D eigenvalue weighted by molar-refractivity contribution is 0.601. The molecule has 0 atom stereocenters. The molecule has 2 rings (SSSR count). The first-order chi connectivity index (χ1) is 8.47. The van der Waals surface area contributed by atoms with Gasteiger partial charge in [-0.3, -0.25) is 4.72 Å². The van der Waals surface area contributed by atoms with Crippen LogP contribution in [-0.2, 0) is 10.0 Å². The number of nitrogen functional groups attached to an aromatic ring is 1. The molecule has 0 bridgehead atoms. The van der Waals surface area contributed by atoms with E-state index in [0.717, 1.165) is 0 Å². The smallest absolute Gasteiger partial charge is 0.263 e. The van der Waals surface area contributed by atoms with Crippen molar-refractivity contribution >= 4 is 33.1 Å². The summed E-state index contributed by atoms with van der Waals surface area (Å²) < 4.78 is 26.3. The number of nitrogens with one attached hydrogen (secondary N) is 1. The Balaban J connectivity index is 2.30. The zero-order chi connectivity index (χ0) is 13.2. The largest absolute Gasteiger partial charge is 0.399 e. The molecular formula is C11H10ClN3O2S. The third-order valence-corrected chi connectivity index (χ3v) is 3.71. The summed E-state index contributed by atoms with van der Waals surface area (Å²) in [4.78, 5) is 3.94. The molecule has 2 aromatic rings. The second kappa shape index (κ2) is 4.83. The van der Waals surface area contributed by atoms with E-state index in [4.69, 9.17) is 17.3 Å². The summed E-state index contributed by atoms with van der Waals surface area (Å²) in [6.45, 7) is 0. The fourth-order valence-electron chi connectivity index (χ4n) is 1.31. The van der Waals surface area contributed by atoms with Crippen molar-refractivity contribution in [3.63, 3.8) is 0 Å². The van der Waals surface area contributed by atoms with Gasteiger partial charge in [-0.2, -0.15) is 0 Å². The Labute approximate surface area is 110 Å². The number of halogens is 1. The minimum Gasteiger partial charge on any atom is -0.399 e. The van der Waals surface area contributed by atoms with E-state index in [1.807, 2.05) is 0 Å². The summed E-state index contributed by atoms with van der Waals surface area (Å²) in [6, 6.07) is 9.03. The highest BCUT2D eigenvalue weighted by Gasteiger charge is 2.14. The van der Waals surface area contributed by atoms with E-state index >= 15 is 0 Å². The fourth-order valence-corrected chi connectivity index (χ4v) is 2.49. The first-order valence-corrected chi connectivity index (χ1v) is 6.83. The zero-order valence-electron chi connectivity index (χ0n) is 9.17. The Hall–Kier alpha value is -1.79. The topological polar surface area (TPSA) is 85.1 Å². The Morgan fingerprint density at radius 3 is 2.61 bits per heavy atom. The van der Waals surface area contributed by atoms with Gasteiger partial charge in [0.05, 0.1) is 9.92 Å². The van der Waals surface area contributed by atoms with E-state index in [0.29, 0.717) is 10.7 Å². The third-order valence-electron chi connectivity index (χ3n) is 2.13. The number of hydrogen-bond acceptors (Lipinski definition) is 4. The molecule has 94 valence electrons. The van der Waals surface area contributed by atoms with Crippen LogP contribution in [0, 0.1) is 0 Å². The van der Waals surface area contributed by atoms with Crippen LogP contribution in [0.15, 0.2) is 47.5 Å². The first-order valence-electron chi connectivity index (χ1n) is 4.97. The molecule has 0 aliphatic carbocycles. The van der Waals surface area contributed by atoms with Crippen molar-refractivity contribution in [3.8, 4) is 0 Å². The van der Waals surface area contributed by atoms with Gasteiger partial charge in [0.25, 0.3) is 10.0 Å². The predicted octanol–water partition coefficient (Wildman–Crippen LogP) is 2.12. The van der Waals surface area contributed by atoms with Gasteiger partial charge in [-0.15, -0.1) is 0 Å². The van der Waals surface area contributed by atoms with Gasteiger partial charge in [-0.1, -0.05) is 17.7 Å². The van der Waals surface area contributed by atoms with Crippen molar-refractivity contribution in [2.24, 2.45) is 0 Å². The minimum absolute atomic E-state index is 0.0826. The number of nitrogens with two attached hydrogens (primary N) is 1. The van der Waals surface area contributed by atoms with E-state index < -0.39 is 10.0 Å². The molecule has 5 nitrogen and oxygen atoms in total. The van der Waals surface area contributed by atoms with E-state index in [2.05, 4.69) is 9.71 Å². The van der Waals surface area contributed by atoms with Gasteiger partial charge in [0.1, 0.15) is 5.82 Å². The SMILES string of the molecule is Nc1cccc(S(=O)(=O)Nc2ccc(Cl)cn2)c1. The molecule has 0 aliphatic heterocycles. The highest BCUT2D eigenvalue weighted by molar-refractivity contribution is 7.92. The number of nitrogens with zero attached hydrogens (tertiary/aromatic N) is 1. The molecule has 1 heterocycles. The highest BCUT2D eigenvalue weighted by atomic mass is 35.5. The average Bonchev–Trinajstić information content (AvgIpc) is 2.32. The number of hydrogen-bond donors (Lipinski definition) is 2. The van der Waals surface area contributed by atoms with Crippen molar-refractivity contribution in [2.75, 3.05) is 10.5 Å². The lowest BCUT2D eigenvalue weighted by atomic mass is 10.3. The summed E-state index contributed by atoms with van der Waals surface area (Å²) in [5.41, 5.74) is 5.92. The van der Waals surface area contributed by atoms with Crippen LogP contribution in [0.1, 0.15) is 0 Å². The molecule has 1 aromatic carbocycles. The van der Waals surface area contributed by atoms with E-state index in [9.17, 15) is 8.42 Å². The maximum atomic E-state index is 12.0. The van der Waals surface area contributed by atoms with Gasteiger partial charge < -0.3 is 5.73 Å². The third kappa shape index (κ3) is 2.91. The Morgan fingerprint density at radius 1 is 1.22 bits per heavy atom. The second-order valence-corrected chi connectivity index (χ2v) is 5.66. The molecule has 0 unspecified atom stereocenters. The van der Waals surface area contributed by atoms with E-state index in [1.165, 1.54) is 24.4 Å². The minimum atomic E-state index is -3.68. The maximum absolute atomic E-state index is 12.0. The van der Waals surface area contributed by atoms with Gasteiger partial charge in [-0.25, -0.2) is 13.4 Å². The summed E-state index contributed by atoms with van der Waals surface area (Å²) in [6.07, 6.45) is 1.36. The molecule has 0 fully saturated rings. The normalized spacial score (nSPS) is 11.2. The summed E-state index contributed by atoms with van der Waals surface area (Å²) in [5.74, 6) is 0.196. The highest BCUT2D eigenvalue weighted by Crippen LogP contribution is 2.17. The molecule has 0 saturated heterocycles. The molecule has 0 amide bonds. The summed E-state index contributed by atoms with van der Waals surface area (Å²) in [5, 5.41) is 0.432. The molecule has 0 aliphatic rings. The first kappa shape index (κ1) is 12.7. The van der Waals surface area contributed by atoms with Crippen LogP contribution in [0.4, 0.5) is 11.5 Å². The van der Waals surface area contributed by atoms with Gasteiger partial charge >= 0.3 is 0 Å². The van der Waals surface area contributed by atoms with Crippen LogP contribution < -0.4 is 10.5 Å².